The lowest BCUT2D eigenvalue weighted by atomic mass is 10.2. The van der Waals surface area contributed by atoms with Crippen LogP contribution in [0, 0.1) is 0 Å². The van der Waals surface area contributed by atoms with E-state index in [1.54, 1.807) is 0 Å². The predicted molar refractivity (Wildman–Crippen MR) is 87.0 cm³/mol. The minimum absolute atomic E-state index is 0.0820. The minimum Gasteiger partial charge on any atom is -0.530 e. The average Bonchev–Trinajstić information content (AvgIpc) is 2.60. The van der Waals surface area contributed by atoms with Gasteiger partial charge in [0.05, 0.1) is 16.1 Å². The van der Waals surface area contributed by atoms with E-state index < -0.39 is 44.5 Å². The largest absolute Gasteiger partial charge is 0.530 e. The molecule has 27 heavy (non-hydrogen) atoms. The van der Waals surface area contributed by atoms with Crippen LogP contribution in [-0.4, -0.2) is 26.5 Å². The number of alkyl halides is 3. The van der Waals surface area contributed by atoms with Crippen molar-refractivity contribution >= 4 is 27.3 Å². The number of nitrogens with one attached hydrogen (secondary N) is 2. The van der Waals surface area contributed by atoms with Gasteiger partial charge in [0.1, 0.15) is 18.4 Å². The molecule has 1 amide bonds. The maximum Gasteiger partial charge on any atom is 0.417 e. The molecular weight excluding hydrogens is 389 g/mol. The van der Waals surface area contributed by atoms with Crippen LogP contribution in [0.15, 0.2) is 47.4 Å². The molecule has 1 aliphatic rings. The highest BCUT2D eigenvalue weighted by molar-refractivity contribution is 7.92. The summed E-state index contributed by atoms with van der Waals surface area (Å²) in [6.07, 6.45) is -6.42. The van der Waals surface area contributed by atoms with Gasteiger partial charge in [-0.3, -0.25) is 0 Å². The molecule has 0 aromatic heterocycles. The molecule has 2 N–H and O–H groups in total. The highest BCUT2D eigenvalue weighted by Crippen LogP contribution is 2.38. The molecule has 0 aliphatic carbocycles. The molecule has 0 saturated heterocycles. The Bertz CT molecular complexity index is 992. The summed E-state index contributed by atoms with van der Waals surface area (Å²) in [5.74, 6) is 0.231. The van der Waals surface area contributed by atoms with Crippen molar-refractivity contribution in [1.29, 1.82) is 0 Å². The lowest BCUT2D eigenvalue weighted by molar-refractivity contribution is -0.242. The third kappa shape index (κ3) is 3.77. The zero-order chi connectivity index (χ0) is 19.8. The molecule has 3 rings (SSSR count). The van der Waals surface area contributed by atoms with Crippen LogP contribution in [0.5, 0.6) is 5.75 Å². The molecule has 1 unspecified atom stereocenters. The minimum atomic E-state index is -4.84. The number of fused-ring (bicyclic) bond motifs is 1. The highest BCUT2D eigenvalue weighted by atomic mass is 32.2. The van der Waals surface area contributed by atoms with Crippen LogP contribution >= 0.6 is 0 Å². The standard InChI is InChI=1S/C16H13F3N2O5S/c17-16(18,19)10-3-1-2-4-13(10)27(24,25)14-8-26-12-6-5-9(20-15(22)23)7-11(12)21-14/h1-7,14,20-21H,8H2,(H,22,23)/p-1. The topological polar surface area (TPSA) is 108 Å². The molecule has 0 saturated carbocycles. The van der Waals surface area contributed by atoms with E-state index in [1.807, 2.05) is 5.32 Å². The molecule has 0 bridgehead atoms. The molecule has 1 atom stereocenters. The molecule has 144 valence electrons. The van der Waals surface area contributed by atoms with Crippen molar-refractivity contribution < 1.29 is 36.2 Å². The summed E-state index contributed by atoms with van der Waals surface area (Å²) in [6, 6.07) is 7.87. The number of anilines is 2. The third-order valence-corrected chi connectivity index (χ3v) is 5.78. The summed E-state index contributed by atoms with van der Waals surface area (Å²) in [6.45, 7) is -0.422. The van der Waals surface area contributed by atoms with Crippen LogP contribution in [-0.2, 0) is 16.0 Å². The van der Waals surface area contributed by atoms with Crippen molar-refractivity contribution in [3.8, 4) is 5.75 Å². The van der Waals surface area contributed by atoms with Crippen molar-refractivity contribution in [1.82, 2.24) is 0 Å². The van der Waals surface area contributed by atoms with Crippen molar-refractivity contribution in [2.75, 3.05) is 17.2 Å². The molecule has 7 nitrogen and oxygen atoms in total. The fraction of sp³-hybridized carbons (Fsp3) is 0.188. The first-order valence-electron chi connectivity index (χ1n) is 7.50. The zero-order valence-electron chi connectivity index (χ0n) is 13.4. The molecule has 0 fully saturated rings. The Kier molecular flexibility index (Phi) is 4.64. The number of amides is 1. The Morgan fingerprint density at radius 2 is 1.93 bits per heavy atom. The van der Waals surface area contributed by atoms with Gasteiger partial charge < -0.3 is 25.3 Å². The Hall–Kier alpha value is -2.95. The van der Waals surface area contributed by atoms with Crippen molar-refractivity contribution in [2.45, 2.75) is 16.4 Å². The summed E-state index contributed by atoms with van der Waals surface area (Å²) >= 11 is 0. The Morgan fingerprint density at radius 1 is 1.22 bits per heavy atom. The number of carbonyl (C=O) groups excluding carboxylic acids is 1. The molecule has 0 spiro atoms. The van der Waals surface area contributed by atoms with E-state index >= 15 is 0 Å². The second-order valence-electron chi connectivity index (χ2n) is 5.61. The predicted octanol–water partition coefficient (Wildman–Crippen LogP) is 2.06. The number of carboxylic acid groups (broad SMARTS) is 1. The van der Waals surface area contributed by atoms with Gasteiger partial charge in [-0.05, 0) is 30.3 Å². The smallest absolute Gasteiger partial charge is 0.417 e. The van der Waals surface area contributed by atoms with E-state index in [0.717, 1.165) is 12.1 Å². The van der Waals surface area contributed by atoms with Gasteiger partial charge in [-0.1, -0.05) is 12.1 Å². The summed E-state index contributed by atoms with van der Waals surface area (Å²) in [7, 11) is -4.46. The number of carbonyl (C=O) groups is 1. The Morgan fingerprint density at radius 3 is 2.59 bits per heavy atom. The van der Waals surface area contributed by atoms with Crippen molar-refractivity contribution in [3.63, 3.8) is 0 Å². The molecule has 1 heterocycles. The molecule has 2 aromatic rings. The molecule has 1 aliphatic heterocycles. The Labute approximate surface area is 151 Å². The number of ether oxygens (including phenoxy) is 1. The SMILES string of the molecule is O=C([O-])Nc1ccc2c(c1)NC(S(=O)(=O)c1ccccc1C(F)(F)F)CO2. The van der Waals surface area contributed by atoms with Gasteiger partial charge in [0.2, 0.25) is 9.84 Å². The van der Waals surface area contributed by atoms with Crippen molar-refractivity contribution in [3.05, 3.63) is 48.0 Å². The monoisotopic (exact) mass is 401 g/mol. The van der Waals surface area contributed by atoms with Gasteiger partial charge in [-0.15, -0.1) is 0 Å². The van der Waals surface area contributed by atoms with E-state index in [9.17, 15) is 31.5 Å². The molecular formula is C16H12F3N2O5S-. The Balaban J connectivity index is 1.96. The average molecular weight is 401 g/mol. The van der Waals surface area contributed by atoms with E-state index in [-0.39, 0.29) is 17.1 Å². The van der Waals surface area contributed by atoms with Gasteiger partial charge in [-0.2, -0.15) is 13.2 Å². The summed E-state index contributed by atoms with van der Waals surface area (Å²) in [4.78, 5) is 9.73. The number of hydrogen-bond donors (Lipinski definition) is 2. The number of benzene rings is 2. The van der Waals surface area contributed by atoms with Gasteiger partial charge in [0.15, 0.2) is 5.37 Å². The first-order valence-corrected chi connectivity index (χ1v) is 9.05. The number of hydrogen-bond acceptors (Lipinski definition) is 6. The van der Waals surface area contributed by atoms with Gasteiger partial charge in [0.25, 0.3) is 0 Å². The maximum atomic E-state index is 13.2. The molecule has 2 aromatic carbocycles. The number of rotatable bonds is 3. The van der Waals surface area contributed by atoms with Crippen LogP contribution in [0.1, 0.15) is 5.56 Å². The van der Waals surface area contributed by atoms with E-state index in [2.05, 4.69) is 5.32 Å². The first kappa shape index (κ1) is 18.8. The number of sulfone groups is 1. The quantitative estimate of drug-likeness (QED) is 0.815. The second-order valence-corrected chi connectivity index (χ2v) is 7.71. The summed E-state index contributed by atoms with van der Waals surface area (Å²) in [5.41, 5.74) is -1.07. The number of halogens is 3. The van der Waals surface area contributed by atoms with Crippen molar-refractivity contribution in [2.24, 2.45) is 0 Å². The van der Waals surface area contributed by atoms with E-state index in [4.69, 9.17) is 4.74 Å². The second kappa shape index (κ2) is 6.65. The summed E-state index contributed by atoms with van der Waals surface area (Å²) < 4.78 is 70.4. The van der Waals surface area contributed by atoms with Gasteiger partial charge in [-0.25, -0.2) is 8.42 Å². The fourth-order valence-electron chi connectivity index (χ4n) is 2.61. The zero-order valence-corrected chi connectivity index (χ0v) is 14.2. The van der Waals surface area contributed by atoms with Crippen LogP contribution in [0.2, 0.25) is 0 Å². The van der Waals surface area contributed by atoms with Crippen LogP contribution in [0.4, 0.5) is 29.3 Å². The van der Waals surface area contributed by atoms with Crippen LogP contribution in [0.25, 0.3) is 0 Å². The third-order valence-electron chi connectivity index (χ3n) is 3.81. The van der Waals surface area contributed by atoms with Gasteiger partial charge >= 0.3 is 6.18 Å². The lowest BCUT2D eigenvalue weighted by Gasteiger charge is -2.28. The first-order chi connectivity index (χ1) is 12.6. The maximum absolute atomic E-state index is 13.2. The molecule has 0 radical (unpaired) electrons. The van der Waals surface area contributed by atoms with Gasteiger partial charge in [0, 0.05) is 5.69 Å². The summed E-state index contributed by atoms with van der Waals surface area (Å²) in [5, 5.41) is 13.7. The molecule has 11 heteroatoms. The van der Waals surface area contributed by atoms with Crippen LogP contribution in [0.3, 0.4) is 0 Å². The van der Waals surface area contributed by atoms with Crippen LogP contribution < -0.4 is 20.5 Å². The lowest BCUT2D eigenvalue weighted by Crippen LogP contribution is -2.39. The normalized spacial score (nSPS) is 16.6. The van der Waals surface area contributed by atoms with E-state index in [1.165, 1.54) is 24.3 Å². The highest BCUT2D eigenvalue weighted by Gasteiger charge is 2.40. The van der Waals surface area contributed by atoms with E-state index in [0.29, 0.717) is 6.07 Å². The fourth-order valence-corrected chi connectivity index (χ4v) is 4.21.